The van der Waals surface area contributed by atoms with Gasteiger partial charge in [0.2, 0.25) is 5.91 Å². The summed E-state index contributed by atoms with van der Waals surface area (Å²) in [6, 6.07) is 0.296. The maximum Gasteiger partial charge on any atom is 0.220 e. The van der Waals surface area contributed by atoms with E-state index >= 15 is 0 Å². The molecule has 2 rings (SSSR count). The fourth-order valence-electron chi connectivity index (χ4n) is 3.09. The lowest BCUT2D eigenvalue weighted by molar-refractivity contribution is -0.123. The first-order valence-corrected chi connectivity index (χ1v) is 8.78. The molecule has 1 saturated carbocycles. The summed E-state index contributed by atoms with van der Waals surface area (Å²) >= 11 is 0. The fraction of sp³-hybridized carbons (Fsp3) is 0.923. The van der Waals surface area contributed by atoms with Gasteiger partial charge in [-0.05, 0) is 31.1 Å². The fourth-order valence-corrected chi connectivity index (χ4v) is 4.95. The molecule has 1 aliphatic carbocycles. The molecule has 0 aromatic heterocycles. The summed E-state index contributed by atoms with van der Waals surface area (Å²) in [6.45, 7) is 2.18. The Bertz CT molecular complexity index is 404. The van der Waals surface area contributed by atoms with E-state index in [1.54, 1.807) is 0 Å². The van der Waals surface area contributed by atoms with E-state index in [1.165, 1.54) is 19.3 Å². The molecule has 1 saturated heterocycles. The van der Waals surface area contributed by atoms with Gasteiger partial charge in [0.05, 0.1) is 11.5 Å². The van der Waals surface area contributed by atoms with Crippen molar-refractivity contribution in [1.82, 2.24) is 5.32 Å². The second-order valence-electron chi connectivity index (χ2n) is 5.91. The van der Waals surface area contributed by atoms with Crippen molar-refractivity contribution in [1.29, 1.82) is 0 Å². The molecule has 0 aromatic carbocycles. The second kappa shape index (κ2) is 5.59. The van der Waals surface area contributed by atoms with E-state index in [2.05, 4.69) is 12.2 Å². The topological polar surface area (TPSA) is 63.2 Å². The summed E-state index contributed by atoms with van der Waals surface area (Å²) in [6.07, 6.45) is 5.72. The average molecular weight is 273 g/mol. The number of carbonyl (C=O) groups is 1. The van der Waals surface area contributed by atoms with Crippen molar-refractivity contribution in [2.45, 2.75) is 51.5 Å². The highest BCUT2D eigenvalue weighted by Crippen LogP contribution is 2.25. The molecule has 0 radical (unpaired) electrons. The zero-order chi connectivity index (χ0) is 13.2. The van der Waals surface area contributed by atoms with E-state index in [4.69, 9.17) is 0 Å². The SMILES string of the molecule is C[C@H]1CCCC[C@H]1NC(=O)C[C@@H]1CCS(=O)(=O)C1. The molecule has 18 heavy (non-hydrogen) atoms. The van der Waals surface area contributed by atoms with Gasteiger partial charge in [0.1, 0.15) is 0 Å². The van der Waals surface area contributed by atoms with Gasteiger partial charge in [-0.15, -0.1) is 0 Å². The van der Waals surface area contributed by atoms with Crippen LogP contribution in [0.15, 0.2) is 0 Å². The Morgan fingerprint density at radius 3 is 2.56 bits per heavy atom. The molecule has 3 atom stereocenters. The number of hydrogen-bond acceptors (Lipinski definition) is 3. The summed E-state index contributed by atoms with van der Waals surface area (Å²) in [7, 11) is -2.86. The molecule has 1 heterocycles. The normalized spacial score (nSPS) is 35.3. The molecule has 2 aliphatic rings. The minimum absolute atomic E-state index is 0.0360. The van der Waals surface area contributed by atoms with Crippen LogP contribution in [0.25, 0.3) is 0 Å². The number of carbonyl (C=O) groups excluding carboxylic acids is 1. The molecule has 1 N–H and O–H groups in total. The van der Waals surface area contributed by atoms with Crippen LogP contribution < -0.4 is 5.32 Å². The van der Waals surface area contributed by atoms with Gasteiger partial charge in [-0.1, -0.05) is 19.8 Å². The lowest BCUT2D eigenvalue weighted by Crippen LogP contribution is -2.41. The molecule has 0 aromatic rings. The summed E-state index contributed by atoms with van der Waals surface area (Å²) in [5.41, 5.74) is 0. The number of sulfone groups is 1. The van der Waals surface area contributed by atoms with Gasteiger partial charge in [-0.3, -0.25) is 4.79 Å². The Labute approximate surface area is 109 Å². The van der Waals surface area contributed by atoms with Crippen molar-refractivity contribution < 1.29 is 13.2 Å². The number of nitrogens with one attached hydrogen (secondary N) is 1. The van der Waals surface area contributed by atoms with E-state index in [0.717, 1.165) is 6.42 Å². The third-order valence-corrected chi connectivity index (χ3v) is 6.10. The van der Waals surface area contributed by atoms with E-state index in [0.29, 0.717) is 24.8 Å². The Morgan fingerprint density at radius 1 is 1.22 bits per heavy atom. The minimum atomic E-state index is -2.86. The number of rotatable bonds is 3. The molecule has 5 heteroatoms. The predicted octanol–water partition coefficient (Wildman–Crippen LogP) is 1.51. The molecule has 2 fully saturated rings. The average Bonchev–Trinajstić information content (AvgIpc) is 2.61. The zero-order valence-electron chi connectivity index (χ0n) is 11.0. The van der Waals surface area contributed by atoms with Crippen molar-refractivity contribution in [3.8, 4) is 0 Å². The molecule has 104 valence electrons. The van der Waals surface area contributed by atoms with E-state index in [9.17, 15) is 13.2 Å². The van der Waals surface area contributed by atoms with Crippen LogP contribution >= 0.6 is 0 Å². The summed E-state index contributed by atoms with van der Waals surface area (Å²) in [4.78, 5) is 11.9. The zero-order valence-corrected chi connectivity index (χ0v) is 11.8. The first-order chi connectivity index (χ1) is 8.46. The highest BCUT2D eigenvalue weighted by molar-refractivity contribution is 7.91. The largest absolute Gasteiger partial charge is 0.353 e. The highest BCUT2D eigenvalue weighted by atomic mass is 32.2. The van der Waals surface area contributed by atoms with Gasteiger partial charge in [-0.2, -0.15) is 0 Å². The first-order valence-electron chi connectivity index (χ1n) is 6.96. The van der Waals surface area contributed by atoms with Gasteiger partial charge in [0.15, 0.2) is 9.84 Å². The predicted molar refractivity (Wildman–Crippen MR) is 70.9 cm³/mol. The first kappa shape index (κ1) is 13.8. The lowest BCUT2D eigenvalue weighted by atomic mass is 9.86. The molecule has 1 aliphatic heterocycles. The van der Waals surface area contributed by atoms with Crippen LogP contribution in [0.4, 0.5) is 0 Å². The van der Waals surface area contributed by atoms with Crippen LogP contribution in [-0.4, -0.2) is 31.9 Å². The van der Waals surface area contributed by atoms with Crippen molar-refractivity contribution in [3.63, 3.8) is 0 Å². The Morgan fingerprint density at radius 2 is 1.94 bits per heavy atom. The van der Waals surface area contributed by atoms with Crippen molar-refractivity contribution in [2.24, 2.45) is 11.8 Å². The van der Waals surface area contributed by atoms with Crippen molar-refractivity contribution in [2.75, 3.05) is 11.5 Å². The minimum Gasteiger partial charge on any atom is -0.353 e. The van der Waals surface area contributed by atoms with E-state index in [1.807, 2.05) is 0 Å². The third-order valence-electron chi connectivity index (χ3n) is 4.26. The van der Waals surface area contributed by atoms with Gasteiger partial charge in [-0.25, -0.2) is 8.42 Å². The summed E-state index contributed by atoms with van der Waals surface area (Å²) in [5, 5.41) is 3.09. The monoisotopic (exact) mass is 273 g/mol. The standard InChI is InChI=1S/C13H23NO3S/c1-10-4-2-3-5-12(10)14-13(15)8-11-6-7-18(16,17)9-11/h10-12H,2-9H2,1H3,(H,14,15)/t10-,11-,12+/m0/s1. The van der Waals surface area contributed by atoms with E-state index in [-0.39, 0.29) is 23.3 Å². The number of hydrogen-bond donors (Lipinski definition) is 1. The maximum absolute atomic E-state index is 11.9. The van der Waals surface area contributed by atoms with Crippen LogP contribution in [0.1, 0.15) is 45.4 Å². The quantitative estimate of drug-likeness (QED) is 0.847. The molecular formula is C13H23NO3S. The molecule has 4 nitrogen and oxygen atoms in total. The summed E-state index contributed by atoms with van der Waals surface area (Å²) < 4.78 is 22.7. The maximum atomic E-state index is 11.9. The van der Waals surface area contributed by atoms with Crippen LogP contribution in [0.3, 0.4) is 0 Å². The Hall–Kier alpha value is -0.580. The molecule has 0 spiro atoms. The van der Waals surface area contributed by atoms with Crippen LogP contribution in [0.2, 0.25) is 0 Å². The molecule has 0 unspecified atom stereocenters. The van der Waals surface area contributed by atoms with Gasteiger partial charge in [0.25, 0.3) is 0 Å². The second-order valence-corrected chi connectivity index (χ2v) is 8.14. The third kappa shape index (κ3) is 3.70. The van der Waals surface area contributed by atoms with Gasteiger partial charge in [0, 0.05) is 12.5 Å². The van der Waals surface area contributed by atoms with E-state index < -0.39 is 9.84 Å². The number of amides is 1. The molecule has 0 bridgehead atoms. The van der Waals surface area contributed by atoms with Crippen LogP contribution in [0.5, 0.6) is 0 Å². The van der Waals surface area contributed by atoms with Crippen molar-refractivity contribution >= 4 is 15.7 Å². The Kier molecular flexibility index (Phi) is 4.30. The molecular weight excluding hydrogens is 250 g/mol. The van der Waals surface area contributed by atoms with Gasteiger partial charge >= 0.3 is 0 Å². The van der Waals surface area contributed by atoms with Crippen LogP contribution in [0, 0.1) is 11.8 Å². The van der Waals surface area contributed by atoms with Gasteiger partial charge < -0.3 is 5.32 Å². The highest BCUT2D eigenvalue weighted by Gasteiger charge is 2.30. The molecule has 1 amide bonds. The van der Waals surface area contributed by atoms with Crippen molar-refractivity contribution in [3.05, 3.63) is 0 Å². The Balaban J connectivity index is 1.78. The lowest BCUT2D eigenvalue weighted by Gasteiger charge is -2.29. The van der Waals surface area contributed by atoms with Crippen LogP contribution in [-0.2, 0) is 14.6 Å². The smallest absolute Gasteiger partial charge is 0.220 e. The summed E-state index contributed by atoms with van der Waals surface area (Å²) in [5.74, 6) is 1.07.